The van der Waals surface area contributed by atoms with Crippen molar-refractivity contribution in [2.75, 3.05) is 11.6 Å². The van der Waals surface area contributed by atoms with E-state index >= 15 is 0 Å². The predicted molar refractivity (Wildman–Crippen MR) is 71.3 cm³/mol. The van der Waals surface area contributed by atoms with Gasteiger partial charge in [-0.25, -0.2) is 0 Å². The smallest absolute Gasteiger partial charge is 0.0541 e. The Hall–Kier alpha value is 0.150. The number of rotatable bonds is 6. The average molecular weight is 263 g/mol. The summed E-state index contributed by atoms with van der Waals surface area (Å²) in [5, 5.41) is 0.854. The van der Waals surface area contributed by atoms with Gasteiger partial charge in [0.1, 0.15) is 0 Å². The molecule has 0 radical (unpaired) electrons. The summed E-state index contributed by atoms with van der Waals surface area (Å²) in [6.45, 7) is 2.25. The van der Waals surface area contributed by atoms with E-state index in [1.807, 2.05) is 30.0 Å². The molecule has 1 unspecified atom stereocenters. The number of hydrogen-bond acceptors (Lipinski definition) is 1. The molecule has 0 aliphatic rings. The lowest BCUT2D eigenvalue weighted by molar-refractivity contribution is 0.552. The van der Waals surface area contributed by atoms with Gasteiger partial charge in [-0.3, -0.25) is 0 Å². The lowest BCUT2D eigenvalue weighted by Crippen LogP contribution is -1.97. The maximum Gasteiger partial charge on any atom is 0.0541 e. The molecule has 0 amide bonds. The summed E-state index contributed by atoms with van der Waals surface area (Å²) >= 11 is 13.6. The largest absolute Gasteiger partial charge is 0.127 e. The van der Waals surface area contributed by atoms with E-state index < -0.39 is 0 Å². The zero-order valence-corrected chi connectivity index (χ0v) is 11.2. The van der Waals surface area contributed by atoms with E-state index in [0.717, 1.165) is 23.1 Å². The highest BCUT2D eigenvalue weighted by Gasteiger charge is 2.03. The Labute approximate surface area is 106 Å². The molecule has 0 spiro atoms. The van der Waals surface area contributed by atoms with Gasteiger partial charge in [0.25, 0.3) is 0 Å². The maximum absolute atomic E-state index is 6.06. The molecule has 0 fully saturated rings. The van der Waals surface area contributed by atoms with Crippen molar-refractivity contribution < 1.29 is 0 Å². The highest BCUT2D eigenvalue weighted by Crippen LogP contribution is 2.28. The molecule has 0 heterocycles. The zero-order valence-electron chi connectivity index (χ0n) is 8.88. The van der Waals surface area contributed by atoms with Crippen molar-refractivity contribution in [3.05, 3.63) is 29.3 Å². The summed E-state index contributed by atoms with van der Waals surface area (Å²) in [5.41, 5.74) is 0. The number of thioether (sulfide) groups is 1. The molecule has 0 aromatic heterocycles. The molecule has 0 N–H and O–H groups in total. The standard InChI is InChI=1S/C12H16Cl2S/c1-10(6-8-13)7-9-15-12-5-3-2-4-11(12)14/h2-5,10H,6-9H2,1H3. The van der Waals surface area contributed by atoms with Gasteiger partial charge in [-0.1, -0.05) is 30.7 Å². The van der Waals surface area contributed by atoms with Crippen LogP contribution in [0.5, 0.6) is 0 Å². The van der Waals surface area contributed by atoms with Gasteiger partial charge in [-0.2, -0.15) is 0 Å². The summed E-state index contributed by atoms with van der Waals surface area (Å²) < 4.78 is 0. The van der Waals surface area contributed by atoms with Crippen LogP contribution in [0.15, 0.2) is 29.2 Å². The molecule has 84 valence electrons. The third-order valence-electron chi connectivity index (χ3n) is 2.31. The third kappa shape index (κ3) is 5.14. The second kappa shape index (κ2) is 7.43. The van der Waals surface area contributed by atoms with Gasteiger partial charge in [0.05, 0.1) is 5.02 Å². The van der Waals surface area contributed by atoms with Crippen LogP contribution in [0.3, 0.4) is 0 Å². The van der Waals surface area contributed by atoms with Crippen LogP contribution >= 0.6 is 35.0 Å². The van der Waals surface area contributed by atoms with E-state index in [0.29, 0.717) is 5.92 Å². The summed E-state index contributed by atoms with van der Waals surface area (Å²) in [5.74, 6) is 2.58. The molecule has 3 heteroatoms. The summed E-state index contributed by atoms with van der Waals surface area (Å²) in [7, 11) is 0. The van der Waals surface area contributed by atoms with Gasteiger partial charge < -0.3 is 0 Å². The molecule has 0 nitrogen and oxygen atoms in total. The lowest BCUT2D eigenvalue weighted by atomic mass is 10.1. The quantitative estimate of drug-likeness (QED) is 0.509. The zero-order chi connectivity index (χ0) is 11.1. The van der Waals surface area contributed by atoms with E-state index in [9.17, 15) is 0 Å². The molecule has 1 aromatic rings. The van der Waals surface area contributed by atoms with Crippen molar-refractivity contribution in [1.29, 1.82) is 0 Å². The van der Waals surface area contributed by atoms with Crippen LogP contribution in [0.2, 0.25) is 5.02 Å². The highest BCUT2D eigenvalue weighted by molar-refractivity contribution is 7.99. The predicted octanol–water partition coefficient (Wildman–Crippen LogP) is 5.09. The van der Waals surface area contributed by atoms with Crippen molar-refractivity contribution in [3.63, 3.8) is 0 Å². The number of hydrogen-bond donors (Lipinski definition) is 0. The molecule has 0 aliphatic carbocycles. The summed E-state index contributed by atoms with van der Waals surface area (Å²) in [6, 6.07) is 7.99. The van der Waals surface area contributed by atoms with E-state index in [2.05, 4.69) is 13.0 Å². The van der Waals surface area contributed by atoms with Crippen molar-refractivity contribution in [2.24, 2.45) is 5.92 Å². The van der Waals surface area contributed by atoms with E-state index in [1.54, 1.807) is 0 Å². The second-order valence-electron chi connectivity index (χ2n) is 3.65. The molecule has 0 saturated carbocycles. The first kappa shape index (κ1) is 13.2. The van der Waals surface area contributed by atoms with Gasteiger partial charge in [0.2, 0.25) is 0 Å². The Morgan fingerprint density at radius 3 is 2.67 bits per heavy atom. The van der Waals surface area contributed by atoms with Crippen LogP contribution in [0.1, 0.15) is 19.8 Å². The van der Waals surface area contributed by atoms with Crippen molar-refractivity contribution in [1.82, 2.24) is 0 Å². The number of alkyl halides is 1. The molecular formula is C12H16Cl2S. The van der Waals surface area contributed by atoms with E-state index in [4.69, 9.17) is 23.2 Å². The fourth-order valence-corrected chi connectivity index (χ4v) is 3.06. The van der Waals surface area contributed by atoms with Crippen LogP contribution in [0.25, 0.3) is 0 Å². The molecule has 0 bridgehead atoms. The topological polar surface area (TPSA) is 0 Å². The minimum Gasteiger partial charge on any atom is -0.127 e. The Kier molecular flexibility index (Phi) is 6.54. The first-order valence-electron chi connectivity index (χ1n) is 5.17. The van der Waals surface area contributed by atoms with Crippen LogP contribution < -0.4 is 0 Å². The van der Waals surface area contributed by atoms with Crippen LogP contribution in [0.4, 0.5) is 0 Å². The molecule has 1 atom stereocenters. The first-order chi connectivity index (χ1) is 7.24. The molecular weight excluding hydrogens is 247 g/mol. The molecule has 0 saturated heterocycles. The van der Waals surface area contributed by atoms with Gasteiger partial charge in [0, 0.05) is 10.8 Å². The third-order valence-corrected chi connectivity index (χ3v) is 4.07. The van der Waals surface area contributed by atoms with Crippen LogP contribution in [-0.2, 0) is 0 Å². The normalized spacial score (nSPS) is 12.7. The molecule has 15 heavy (non-hydrogen) atoms. The van der Waals surface area contributed by atoms with E-state index in [1.165, 1.54) is 11.3 Å². The fraction of sp³-hybridized carbons (Fsp3) is 0.500. The van der Waals surface area contributed by atoms with Crippen molar-refractivity contribution in [3.8, 4) is 0 Å². The first-order valence-corrected chi connectivity index (χ1v) is 7.07. The summed E-state index contributed by atoms with van der Waals surface area (Å²) in [6.07, 6.45) is 2.30. The Balaban J connectivity index is 2.29. The Morgan fingerprint density at radius 1 is 1.27 bits per heavy atom. The maximum atomic E-state index is 6.06. The van der Waals surface area contributed by atoms with E-state index in [-0.39, 0.29) is 0 Å². The highest BCUT2D eigenvalue weighted by atomic mass is 35.5. The lowest BCUT2D eigenvalue weighted by Gasteiger charge is -2.09. The van der Waals surface area contributed by atoms with Crippen molar-refractivity contribution in [2.45, 2.75) is 24.7 Å². The monoisotopic (exact) mass is 262 g/mol. The molecule has 0 aliphatic heterocycles. The van der Waals surface area contributed by atoms with Crippen molar-refractivity contribution >= 4 is 35.0 Å². The minimum atomic E-state index is 0.706. The van der Waals surface area contributed by atoms with Gasteiger partial charge in [-0.15, -0.1) is 23.4 Å². The SMILES string of the molecule is CC(CCCl)CCSc1ccccc1Cl. The van der Waals surface area contributed by atoms with Gasteiger partial charge >= 0.3 is 0 Å². The minimum absolute atomic E-state index is 0.706. The number of halogens is 2. The molecule has 1 rings (SSSR count). The van der Waals surface area contributed by atoms with Crippen LogP contribution in [0, 0.1) is 5.92 Å². The average Bonchev–Trinajstić information content (AvgIpc) is 2.21. The van der Waals surface area contributed by atoms with Gasteiger partial charge in [-0.05, 0) is 36.6 Å². The molecule has 1 aromatic carbocycles. The van der Waals surface area contributed by atoms with Gasteiger partial charge in [0.15, 0.2) is 0 Å². The van der Waals surface area contributed by atoms with Crippen LogP contribution in [-0.4, -0.2) is 11.6 Å². The summed E-state index contributed by atoms with van der Waals surface area (Å²) in [4.78, 5) is 1.18. The number of benzene rings is 1. The Morgan fingerprint density at radius 2 is 2.00 bits per heavy atom. The Bertz CT molecular complexity index is 289. The second-order valence-corrected chi connectivity index (χ2v) is 5.57. The fourth-order valence-electron chi connectivity index (χ4n) is 1.26.